The fourth-order valence-corrected chi connectivity index (χ4v) is 0.910. The quantitative estimate of drug-likeness (QED) is 0.479. The molecule has 0 bridgehead atoms. The van der Waals surface area contributed by atoms with E-state index in [0.717, 1.165) is 32.2 Å². The Morgan fingerprint density at radius 3 is 2.75 bits per heavy atom. The average Bonchev–Trinajstić information content (AvgIpc) is 2.11. The first-order valence-corrected chi connectivity index (χ1v) is 4.41. The van der Waals surface area contributed by atoms with Gasteiger partial charge < -0.3 is 5.32 Å². The summed E-state index contributed by atoms with van der Waals surface area (Å²) in [5.74, 6) is 2.59. The van der Waals surface area contributed by atoms with E-state index < -0.39 is 0 Å². The number of terminal acetylenes is 1. The molecule has 0 aromatic carbocycles. The van der Waals surface area contributed by atoms with Crippen LogP contribution in [-0.4, -0.2) is 12.6 Å². The summed E-state index contributed by atoms with van der Waals surface area (Å²) in [6.07, 6.45) is 8.91. The lowest BCUT2D eigenvalue weighted by atomic mass is 10.2. The predicted molar refractivity (Wildman–Crippen MR) is 50.4 cm³/mol. The van der Waals surface area contributed by atoms with Gasteiger partial charge in [-0.05, 0) is 25.8 Å². The molecule has 1 atom stereocenters. The summed E-state index contributed by atoms with van der Waals surface area (Å²) in [7, 11) is 0. The molecule has 0 fully saturated rings. The van der Waals surface area contributed by atoms with Gasteiger partial charge in [-0.25, -0.2) is 0 Å². The Hall–Kier alpha value is -0.990. The molecule has 0 saturated heterocycles. The first-order valence-electron chi connectivity index (χ1n) is 4.41. The van der Waals surface area contributed by atoms with Gasteiger partial charge in [-0.15, -0.1) is 12.3 Å². The number of hydrogen-bond acceptors (Lipinski definition) is 2. The second-order valence-corrected chi connectivity index (χ2v) is 2.71. The van der Waals surface area contributed by atoms with Crippen LogP contribution in [0, 0.1) is 23.7 Å². The van der Waals surface area contributed by atoms with Gasteiger partial charge in [-0.1, -0.05) is 6.92 Å². The van der Waals surface area contributed by atoms with Crippen molar-refractivity contribution in [3.05, 3.63) is 0 Å². The fourth-order valence-electron chi connectivity index (χ4n) is 0.910. The van der Waals surface area contributed by atoms with E-state index in [1.165, 1.54) is 0 Å². The Bertz CT molecular complexity index is 173. The van der Waals surface area contributed by atoms with Crippen LogP contribution in [0.25, 0.3) is 0 Å². The molecule has 0 aromatic rings. The summed E-state index contributed by atoms with van der Waals surface area (Å²) in [4.78, 5) is 0. The summed E-state index contributed by atoms with van der Waals surface area (Å²) < 4.78 is 0. The van der Waals surface area contributed by atoms with E-state index in [-0.39, 0.29) is 6.04 Å². The van der Waals surface area contributed by atoms with Gasteiger partial charge in [0.15, 0.2) is 0 Å². The van der Waals surface area contributed by atoms with Crippen LogP contribution in [-0.2, 0) is 0 Å². The number of nitrogens with one attached hydrogen (secondary N) is 1. The van der Waals surface area contributed by atoms with Gasteiger partial charge >= 0.3 is 0 Å². The van der Waals surface area contributed by atoms with Crippen molar-refractivity contribution >= 4 is 0 Å². The summed E-state index contributed by atoms with van der Waals surface area (Å²) in [6, 6.07) is 2.20. The first-order chi connectivity index (χ1) is 5.85. The third-order valence-electron chi connectivity index (χ3n) is 1.70. The Balaban J connectivity index is 3.20. The summed E-state index contributed by atoms with van der Waals surface area (Å²) in [6.45, 7) is 2.90. The van der Waals surface area contributed by atoms with Crippen LogP contribution in [0.15, 0.2) is 0 Å². The second kappa shape index (κ2) is 8.11. The molecule has 0 heterocycles. The summed E-state index contributed by atoms with van der Waals surface area (Å²) in [5.41, 5.74) is 0. The molecule has 0 aromatic heterocycles. The van der Waals surface area contributed by atoms with Crippen molar-refractivity contribution in [2.24, 2.45) is 0 Å². The van der Waals surface area contributed by atoms with Gasteiger partial charge in [0.05, 0.1) is 12.1 Å². The van der Waals surface area contributed by atoms with E-state index in [0.29, 0.717) is 0 Å². The SMILES string of the molecule is C#CCCCCNC(C#N)CC. The Morgan fingerprint density at radius 2 is 2.25 bits per heavy atom. The molecule has 0 spiro atoms. The van der Waals surface area contributed by atoms with Crippen LogP contribution in [0.1, 0.15) is 32.6 Å². The molecule has 1 N–H and O–H groups in total. The van der Waals surface area contributed by atoms with Crippen LogP contribution in [0.2, 0.25) is 0 Å². The molecule has 2 nitrogen and oxygen atoms in total. The maximum absolute atomic E-state index is 8.58. The minimum absolute atomic E-state index is 0.0100. The first kappa shape index (κ1) is 11.0. The Morgan fingerprint density at radius 1 is 1.50 bits per heavy atom. The van der Waals surface area contributed by atoms with E-state index in [2.05, 4.69) is 17.3 Å². The zero-order chi connectivity index (χ0) is 9.23. The van der Waals surface area contributed by atoms with Crippen LogP contribution in [0.4, 0.5) is 0 Å². The largest absolute Gasteiger partial charge is 0.302 e. The number of unbranched alkanes of at least 4 members (excludes halogenated alkanes) is 2. The topological polar surface area (TPSA) is 35.8 Å². The highest BCUT2D eigenvalue weighted by molar-refractivity contribution is 4.88. The summed E-state index contributed by atoms with van der Waals surface area (Å²) >= 11 is 0. The zero-order valence-electron chi connectivity index (χ0n) is 7.64. The molecule has 0 aliphatic heterocycles. The Kier molecular flexibility index (Phi) is 7.44. The monoisotopic (exact) mass is 164 g/mol. The van der Waals surface area contributed by atoms with Gasteiger partial charge in [0.25, 0.3) is 0 Å². The number of hydrogen-bond donors (Lipinski definition) is 1. The molecular formula is C10H16N2. The fraction of sp³-hybridized carbons (Fsp3) is 0.700. The van der Waals surface area contributed by atoms with Crippen molar-refractivity contribution < 1.29 is 0 Å². The average molecular weight is 164 g/mol. The molecule has 0 aliphatic rings. The van der Waals surface area contributed by atoms with E-state index in [1.54, 1.807) is 0 Å². The molecule has 1 unspecified atom stereocenters. The van der Waals surface area contributed by atoms with Crippen molar-refractivity contribution in [3.63, 3.8) is 0 Å². The molecule has 0 radical (unpaired) electrons. The molecule has 0 aliphatic carbocycles. The maximum Gasteiger partial charge on any atom is 0.0950 e. The number of nitrogens with zero attached hydrogens (tertiary/aromatic N) is 1. The van der Waals surface area contributed by atoms with Crippen molar-refractivity contribution in [3.8, 4) is 18.4 Å². The zero-order valence-corrected chi connectivity index (χ0v) is 7.64. The highest BCUT2D eigenvalue weighted by atomic mass is 14.9. The highest BCUT2D eigenvalue weighted by Crippen LogP contribution is 1.93. The molecule has 66 valence electrons. The van der Waals surface area contributed by atoms with Crippen molar-refractivity contribution in [2.75, 3.05) is 6.54 Å². The molecule has 2 heteroatoms. The number of rotatable bonds is 6. The molecular weight excluding hydrogens is 148 g/mol. The molecule has 0 amide bonds. The Labute approximate surface area is 75.0 Å². The van der Waals surface area contributed by atoms with Crippen molar-refractivity contribution in [1.29, 1.82) is 5.26 Å². The van der Waals surface area contributed by atoms with Gasteiger partial charge in [0.2, 0.25) is 0 Å². The van der Waals surface area contributed by atoms with Crippen LogP contribution >= 0.6 is 0 Å². The van der Waals surface area contributed by atoms with E-state index in [1.807, 2.05) is 6.92 Å². The van der Waals surface area contributed by atoms with E-state index in [9.17, 15) is 0 Å². The van der Waals surface area contributed by atoms with Crippen LogP contribution < -0.4 is 5.32 Å². The predicted octanol–water partition coefficient (Wildman–Crippen LogP) is 1.68. The van der Waals surface area contributed by atoms with Crippen molar-refractivity contribution in [1.82, 2.24) is 5.32 Å². The van der Waals surface area contributed by atoms with Gasteiger partial charge in [0, 0.05) is 6.42 Å². The molecule has 0 saturated carbocycles. The van der Waals surface area contributed by atoms with Gasteiger partial charge in [0.1, 0.15) is 0 Å². The lowest BCUT2D eigenvalue weighted by Crippen LogP contribution is -2.27. The summed E-state index contributed by atoms with van der Waals surface area (Å²) in [5, 5.41) is 11.7. The standard InChI is InChI=1S/C10H16N2/c1-3-5-6-7-8-12-10(4-2)9-11/h1,10,12H,4-8H2,2H3. The van der Waals surface area contributed by atoms with Gasteiger partial charge in [-0.2, -0.15) is 5.26 Å². The second-order valence-electron chi connectivity index (χ2n) is 2.71. The molecule has 0 rings (SSSR count). The van der Waals surface area contributed by atoms with Crippen LogP contribution in [0.5, 0.6) is 0 Å². The lowest BCUT2D eigenvalue weighted by molar-refractivity contribution is 0.561. The maximum atomic E-state index is 8.58. The van der Waals surface area contributed by atoms with E-state index in [4.69, 9.17) is 11.7 Å². The van der Waals surface area contributed by atoms with Crippen LogP contribution in [0.3, 0.4) is 0 Å². The minimum atomic E-state index is 0.0100. The highest BCUT2D eigenvalue weighted by Gasteiger charge is 2.00. The van der Waals surface area contributed by atoms with Crippen molar-refractivity contribution in [2.45, 2.75) is 38.6 Å². The minimum Gasteiger partial charge on any atom is -0.302 e. The number of nitriles is 1. The third kappa shape index (κ3) is 5.77. The lowest BCUT2D eigenvalue weighted by Gasteiger charge is -2.07. The van der Waals surface area contributed by atoms with E-state index >= 15 is 0 Å². The van der Waals surface area contributed by atoms with Gasteiger partial charge in [-0.3, -0.25) is 0 Å². The molecule has 12 heavy (non-hydrogen) atoms. The third-order valence-corrected chi connectivity index (χ3v) is 1.70. The normalized spacial score (nSPS) is 11.6. The smallest absolute Gasteiger partial charge is 0.0950 e.